The van der Waals surface area contributed by atoms with E-state index < -0.39 is 6.10 Å². The van der Waals surface area contributed by atoms with Crippen molar-refractivity contribution >= 4 is 5.91 Å². The molecule has 1 saturated heterocycles. The number of hydrogen-bond acceptors (Lipinski definition) is 3. The van der Waals surface area contributed by atoms with Crippen LogP contribution in [0.15, 0.2) is 43.0 Å². The van der Waals surface area contributed by atoms with E-state index in [1.807, 2.05) is 15.7 Å². The zero-order valence-corrected chi connectivity index (χ0v) is 14.2. The number of halogens is 1. The highest BCUT2D eigenvalue weighted by Gasteiger charge is 2.30. The summed E-state index contributed by atoms with van der Waals surface area (Å²) in [5.74, 6) is -0.271. The van der Waals surface area contributed by atoms with E-state index in [1.165, 1.54) is 6.07 Å². The van der Waals surface area contributed by atoms with Gasteiger partial charge < -0.3 is 14.6 Å². The SMILES string of the molecule is O=C(CCCn1ccnc1)N1CC[C@@H](O)[C@H](Cc2ccccc2F)C1. The van der Waals surface area contributed by atoms with Crippen molar-refractivity contribution in [2.75, 3.05) is 13.1 Å². The molecular formula is C19H24FN3O2. The lowest BCUT2D eigenvalue weighted by Gasteiger charge is -2.36. The molecule has 0 unspecified atom stereocenters. The van der Waals surface area contributed by atoms with Gasteiger partial charge in [0.15, 0.2) is 0 Å². The number of imidazole rings is 1. The number of aliphatic hydroxyl groups excluding tert-OH is 1. The van der Waals surface area contributed by atoms with E-state index in [-0.39, 0.29) is 17.6 Å². The van der Waals surface area contributed by atoms with Gasteiger partial charge in [-0.1, -0.05) is 18.2 Å². The molecule has 134 valence electrons. The van der Waals surface area contributed by atoms with Gasteiger partial charge in [0, 0.05) is 44.4 Å². The zero-order chi connectivity index (χ0) is 17.6. The van der Waals surface area contributed by atoms with Crippen LogP contribution in [-0.2, 0) is 17.8 Å². The number of rotatable bonds is 6. The van der Waals surface area contributed by atoms with Crippen LogP contribution in [0.4, 0.5) is 4.39 Å². The van der Waals surface area contributed by atoms with Crippen LogP contribution in [-0.4, -0.2) is 44.7 Å². The molecule has 25 heavy (non-hydrogen) atoms. The van der Waals surface area contributed by atoms with Crippen LogP contribution in [0.25, 0.3) is 0 Å². The van der Waals surface area contributed by atoms with Gasteiger partial charge in [0.1, 0.15) is 5.82 Å². The van der Waals surface area contributed by atoms with Gasteiger partial charge in [0.05, 0.1) is 12.4 Å². The average Bonchev–Trinajstić information content (AvgIpc) is 3.12. The fraction of sp³-hybridized carbons (Fsp3) is 0.474. The quantitative estimate of drug-likeness (QED) is 0.874. The third-order valence-electron chi connectivity index (χ3n) is 4.85. The van der Waals surface area contributed by atoms with Crippen molar-refractivity contribution in [3.63, 3.8) is 0 Å². The minimum absolute atomic E-state index is 0.102. The van der Waals surface area contributed by atoms with Crippen LogP contribution in [0, 0.1) is 11.7 Å². The Kier molecular flexibility index (Phi) is 5.81. The number of benzene rings is 1. The Bertz CT molecular complexity index is 690. The second kappa shape index (κ2) is 8.25. The Morgan fingerprint density at radius 2 is 2.20 bits per heavy atom. The van der Waals surface area contributed by atoms with Crippen molar-refractivity contribution in [1.82, 2.24) is 14.5 Å². The third-order valence-corrected chi connectivity index (χ3v) is 4.85. The van der Waals surface area contributed by atoms with E-state index in [9.17, 15) is 14.3 Å². The number of hydrogen-bond donors (Lipinski definition) is 1. The van der Waals surface area contributed by atoms with Crippen LogP contribution in [0.3, 0.4) is 0 Å². The van der Waals surface area contributed by atoms with Gasteiger partial charge in [0.2, 0.25) is 5.91 Å². The summed E-state index contributed by atoms with van der Waals surface area (Å²) in [6.07, 6.45) is 7.08. The van der Waals surface area contributed by atoms with Gasteiger partial charge in [-0.2, -0.15) is 0 Å². The number of nitrogens with zero attached hydrogens (tertiary/aromatic N) is 3. The van der Waals surface area contributed by atoms with Crippen molar-refractivity contribution in [1.29, 1.82) is 0 Å². The monoisotopic (exact) mass is 345 g/mol. The Morgan fingerprint density at radius 1 is 1.36 bits per heavy atom. The van der Waals surface area contributed by atoms with E-state index in [4.69, 9.17) is 0 Å². The summed E-state index contributed by atoms with van der Waals surface area (Å²) >= 11 is 0. The summed E-state index contributed by atoms with van der Waals surface area (Å²) in [4.78, 5) is 18.2. The Hall–Kier alpha value is -2.21. The fourth-order valence-corrected chi connectivity index (χ4v) is 3.38. The predicted octanol–water partition coefficient (Wildman–Crippen LogP) is 2.25. The number of carbonyl (C=O) groups is 1. The van der Waals surface area contributed by atoms with Gasteiger partial charge in [-0.15, -0.1) is 0 Å². The summed E-state index contributed by atoms with van der Waals surface area (Å²) in [5.41, 5.74) is 0.598. The second-order valence-corrected chi connectivity index (χ2v) is 6.66. The first-order valence-electron chi connectivity index (χ1n) is 8.78. The molecule has 3 rings (SSSR count). The van der Waals surface area contributed by atoms with Gasteiger partial charge >= 0.3 is 0 Å². The van der Waals surface area contributed by atoms with Crippen LogP contribution >= 0.6 is 0 Å². The number of piperidine rings is 1. The molecule has 2 aromatic rings. The zero-order valence-electron chi connectivity index (χ0n) is 14.2. The van der Waals surface area contributed by atoms with Crippen LogP contribution in [0.2, 0.25) is 0 Å². The van der Waals surface area contributed by atoms with Crippen molar-refractivity contribution < 1.29 is 14.3 Å². The first-order valence-corrected chi connectivity index (χ1v) is 8.78. The normalized spacial score (nSPS) is 20.6. The van der Waals surface area contributed by atoms with Crippen LogP contribution in [0.5, 0.6) is 0 Å². The van der Waals surface area contributed by atoms with Crippen molar-refractivity contribution in [3.8, 4) is 0 Å². The number of likely N-dealkylation sites (tertiary alicyclic amines) is 1. The molecular weight excluding hydrogens is 321 g/mol. The minimum atomic E-state index is -0.491. The number of amides is 1. The van der Waals surface area contributed by atoms with E-state index >= 15 is 0 Å². The summed E-state index contributed by atoms with van der Waals surface area (Å²) < 4.78 is 15.8. The standard InChI is InChI=1S/C19H24FN3O2/c20-17-5-2-1-4-15(17)12-16-13-23(10-7-18(16)24)19(25)6-3-9-22-11-8-21-14-22/h1-2,4-5,8,11,14,16,18,24H,3,6-7,9-10,12-13H2/t16-,18-/m1/s1. The van der Waals surface area contributed by atoms with Crippen LogP contribution in [0.1, 0.15) is 24.8 Å². The summed E-state index contributed by atoms with van der Waals surface area (Å²) in [6, 6.07) is 6.64. The molecule has 1 aromatic carbocycles. The molecule has 1 aromatic heterocycles. The maximum Gasteiger partial charge on any atom is 0.222 e. The smallest absolute Gasteiger partial charge is 0.222 e. The number of aliphatic hydroxyl groups is 1. The average molecular weight is 345 g/mol. The maximum atomic E-state index is 13.9. The predicted molar refractivity (Wildman–Crippen MR) is 92.3 cm³/mol. The molecule has 1 amide bonds. The molecule has 1 N–H and O–H groups in total. The molecule has 6 heteroatoms. The molecule has 0 aliphatic carbocycles. The largest absolute Gasteiger partial charge is 0.393 e. The lowest BCUT2D eigenvalue weighted by atomic mass is 9.88. The first kappa shape index (κ1) is 17.6. The fourth-order valence-electron chi connectivity index (χ4n) is 3.38. The lowest BCUT2D eigenvalue weighted by molar-refractivity contribution is -0.135. The second-order valence-electron chi connectivity index (χ2n) is 6.66. The molecule has 5 nitrogen and oxygen atoms in total. The summed E-state index contributed by atoms with van der Waals surface area (Å²) in [6.45, 7) is 1.82. The number of carbonyl (C=O) groups excluding carboxylic acids is 1. The van der Waals surface area contributed by atoms with Crippen molar-refractivity contribution in [2.45, 2.75) is 38.3 Å². The summed E-state index contributed by atoms with van der Waals surface area (Å²) in [7, 11) is 0. The highest BCUT2D eigenvalue weighted by molar-refractivity contribution is 5.76. The topological polar surface area (TPSA) is 58.4 Å². The molecule has 2 atom stereocenters. The molecule has 2 heterocycles. The number of aromatic nitrogens is 2. The molecule has 1 aliphatic rings. The molecule has 0 spiro atoms. The van der Waals surface area contributed by atoms with Gasteiger partial charge in [-0.3, -0.25) is 4.79 Å². The highest BCUT2D eigenvalue weighted by atomic mass is 19.1. The minimum Gasteiger partial charge on any atom is -0.393 e. The van der Waals surface area contributed by atoms with Crippen molar-refractivity contribution in [3.05, 3.63) is 54.4 Å². The molecule has 0 saturated carbocycles. The molecule has 1 aliphatic heterocycles. The van der Waals surface area contributed by atoms with Gasteiger partial charge in [0.25, 0.3) is 0 Å². The maximum absolute atomic E-state index is 13.9. The molecule has 0 bridgehead atoms. The first-order chi connectivity index (χ1) is 12.1. The number of aryl methyl sites for hydroxylation is 1. The van der Waals surface area contributed by atoms with Gasteiger partial charge in [-0.05, 0) is 30.9 Å². The Balaban J connectivity index is 1.52. The molecule has 0 radical (unpaired) electrons. The van der Waals surface area contributed by atoms with E-state index in [2.05, 4.69) is 4.98 Å². The highest BCUT2D eigenvalue weighted by Crippen LogP contribution is 2.23. The van der Waals surface area contributed by atoms with Gasteiger partial charge in [-0.25, -0.2) is 9.37 Å². The Morgan fingerprint density at radius 3 is 2.96 bits per heavy atom. The third kappa shape index (κ3) is 4.66. The van der Waals surface area contributed by atoms with E-state index in [0.29, 0.717) is 37.9 Å². The van der Waals surface area contributed by atoms with Crippen molar-refractivity contribution in [2.24, 2.45) is 5.92 Å². The summed E-state index contributed by atoms with van der Waals surface area (Å²) in [5, 5.41) is 10.3. The van der Waals surface area contributed by atoms with E-state index in [1.54, 1.807) is 30.7 Å². The lowest BCUT2D eigenvalue weighted by Crippen LogP contribution is -2.46. The Labute approximate surface area is 147 Å². The van der Waals surface area contributed by atoms with Crippen LogP contribution < -0.4 is 0 Å². The molecule has 1 fully saturated rings. The van der Waals surface area contributed by atoms with E-state index in [0.717, 1.165) is 13.0 Å².